The summed E-state index contributed by atoms with van der Waals surface area (Å²) in [6, 6.07) is 14.2. The number of aromatic nitrogens is 5. The molecule has 0 fully saturated rings. The monoisotopic (exact) mass is 518 g/mol. The van der Waals surface area contributed by atoms with Gasteiger partial charge in [-0.15, -0.1) is 34.2 Å². The zero-order valence-electron chi connectivity index (χ0n) is 17.2. The number of hydrogen-bond acceptors (Lipinski definition) is 4. The van der Waals surface area contributed by atoms with Crippen molar-refractivity contribution in [3.8, 4) is 0 Å². The Morgan fingerprint density at radius 3 is 2.70 bits per heavy atom. The van der Waals surface area contributed by atoms with Gasteiger partial charge in [-0.25, -0.2) is 4.98 Å². The van der Waals surface area contributed by atoms with Crippen LogP contribution in [0.1, 0.15) is 18.1 Å². The van der Waals surface area contributed by atoms with Crippen LogP contribution in [0.25, 0.3) is 16.7 Å². The third-order valence-electron chi connectivity index (χ3n) is 4.95. The van der Waals surface area contributed by atoms with Gasteiger partial charge in [0.15, 0.2) is 11.6 Å². The average Bonchev–Trinajstić information content (AvgIpc) is 3.30. The van der Waals surface area contributed by atoms with Gasteiger partial charge in [-0.2, -0.15) is 0 Å². The van der Waals surface area contributed by atoms with Crippen molar-refractivity contribution in [2.75, 3.05) is 20.1 Å². The maximum absolute atomic E-state index is 4.62. The molecule has 9 heteroatoms. The number of guanidine groups is 1. The first-order valence-electron chi connectivity index (χ1n) is 9.91. The third kappa shape index (κ3) is 4.89. The maximum Gasteiger partial charge on any atom is 0.190 e. The fourth-order valence-electron chi connectivity index (χ4n) is 3.50. The molecule has 1 aromatic carbocycles. The summed E-state index contributed by atoms with van der Waals surface area (Å²) in [5, 5.41) is 15.2. The summed E-state index contributed by atoms with van der Waals surface area (Å²) in [4.78, 5) is 8.93. The summed E-state index contributed by atoms with van der Waals surface area (Å²) in [5.74, 6) is 2.78. The molecule has 0 amide bonds. The number of aryl methyl sites for hydroxylation is 2. The number of imidazole rings is 1. The Balaban J connectivity index is 0.00000256. The van der Waals surface area contributed by atoms with Crippen LogP contribution in [0.3, 0.4) is 0 Å². The molecular formula is C21H27IN8. The summed E-state index contributed by atoms with van der Waals surface area (Å²) >= 11 is 0. The Morgan fingerprint density at radius 2 is 1.83 bits per heavy atom. The number of pyridine rings is 1. The first-order chi connectivity index (χ1) is 14.3. The normalized spacial score (nSPS) is 11.6. The van der Waals surface area contributed by atoms with E-state index < -0.39 is 0 Å². The molecule has 0 saturated carbocycles. The van der Waals surface area contributed by atoms with Crippen LogP contribution < -0.4 is 10.6 Å². The summed E-state index contributed by atoms with van der Waals surface area (Å²) in [5.41, 5.74) is 3.11. The highest BCUT2D eigenvalue weighted by molar-refractivity contribution is 14.0. The van der Waals surface area contributed by atoms with Crippen molar-refractivity contribution in [1.29, 1.82) is 0 Å². The van der Waals surface area contributed by atoms with Crippen LogP contribution >= 0.6 is 24.0 Å². The molecule has 158 valence electrons. The van der Waals surface area contributed by atoms with Gasteiger partial charge >= 0.3 is 0 Å². The molecule has 4 aromatic rings. The van der Waals surface area contributed by atoms with Crippen LogP contribution in [-0.2, 0) is 13.0 Å². The second-order valence-electron chi connectivity index (χ2n) is 6.87. The smallest absolute Gasteiger partial charge is 0.190 e. The van der Waals surface area contributed by atoms with Crippen molar-refractivity contribution in [1.82, 2.24) is 34.8 Å². The quantitative estimate of drug-likeness (QED) is 0.170. The van der Waals surface area contributed by atoms with Gasteiger partial charge in [0.1, 0.15) is 11.6 Å². The van der Waals surface area contributed by atoms with Crippen LogP contribution in [0.2, 0.25) is 0 Å². The fraction of sp³-hybridized carbons (Fsp3) is 0.333. The minimum atomic E-state index is 0. The Labute approximate surface area is 192 Å². The Hall–Kier alpha value is -2.69. The van der Waals surface area contributed by atoms with Crippen molar-refractivity contribution in [3.05, 3.63) is 60.3 Å². The minimum Gasteiger partial charge on any atom is -0.356 e. The van der Waals surface area contributed by atoms with E-state index in [9.17, 15) is 0 Å². The number of para-hydroxylation sites is 2. The molecule has 0 radical (unpaired) electrons. The first-order valence-corrected chi connectivity index (χ1v) is 9.91. The number of halogens is 1. The highest BCUT2D eigenvalue weighted by Crippen LogP contribution is 2.15. The molecule has 3 aromatic heterocycles. The molecule has 0 saturated heterocycles. The van der Waals surface area contributed by atoms with Crippen molar-refractivity contribution >= 4 is 46.6 Å². The van der Waals surface area contributed by atoms with Crippen molar-refractivity contribution in [2.45, 2.75) is 26.3 Å². The lowest BCUT2D eigenvalue weighted by molar-refractivity contribution is 0.623. The standard InChI is InChI=1S/C21H26N8.HI/c1-16-25-17-8-3-4-9-18(17)28(16)15-7-12-23-21(22-2)24-13-11-20-27-26-19-10-5-6-14-29(19)20;/h3-6,8-10,14H,7,11-13,15H2,1-2H3,(H2,22,23,24);1H. The van der Waals surface area contributed by atoms with E-state index in [1.54, 1.807) is 7.05 Å². The number of fused-ring (bicyclic) bond motifs is 2. The highest BCUT2D eigenvalue weighted by atomic mass is 127. The van der Waals surface area contributed by atoms with Gasteiger partial charge in [-0.05, 0) is 37.6 Å². The van der Waals surface area contributed by atoms with Crippen molar-refractivity contribution < 1.29 is 0 Å². The van der Waals surface area contributed by atoms with E-state index in [0.717, 1.165) is 61.2 Å². The van der Waals surface area contributed by atoms with E-state index in [1.165, 1.54) is 5.52 Å². The lowest BCUT2D eigenvalue weighted by Gasteiger charge is -2.12. The zero-order chi connectivity index (χ0) is 20.1. The van der Waals surface area contributed by atoms with Crippen LogP contribution in [0.15, 0.2) is 53.7 Å². The lowest BCUT2D eigenvalue weighted by atomic mass is 10.3. The van der Waals surface area contributed by atoms with E-state index in [-0.39, 0.29) is 24.0 Å². The molecule has 0 unspecified atom stereocenters. The van der Waals surface area contributed by atoms with Gasteiger partial charge < -0.3 is 15.2 Å². The summed E-state index contributed by atoms with van der Waals surface area (Å²) < 4.78 is 4.28. The fourth-order valence-corrected chi connectivity index (χ4v) is 3.50. The molecule has 0 atom stereocenters. The van der Waals surface area contributed by atoms with Gasteiger partial charge in [0.2, 0.25) is 0 Å². The molecule has 0 aliphatic heterocycles. The predicted molar refractivity (Wildman–Crippen MR) is 131 cm³/mol. The predicted octanol–water partition coefficient (Wildman–Crippen LogP) is 2.80. The van der Waals surface area contributed by atoms with Crippen LogP contribution in [0.4, 0.5) is 0 Å². The summed E-state index contributed by atoms with van der Waals surface area (Å²) in [6.07, 6.45) is 3.74. The number of nitrogens with one attached hydrogen (secondary N) is 2. The van der Waals surface area contributed by atoms with E-state index in [2.05, 4.69) is 60.5 Å². The number of hydrogen-bond donors (Lipinski definition) is 2. The van der Waals surface area contributed by atoms with Crippen molar-refractivity contribution in [2.24, 2.45) is 4.99 Å². The number of aliphatic imine (C=N–C) groups is 1. The molecule has 0 aliphatic carbocycles. The molecule has 4 rings (SSSR count). The molecule has 8 nitrogen and oxygen atoms in total. The SMILES string of the molecule is CN=C(NCCCn1c(C)nc2ccccc21)NCCc1nnc2ccccn12.I. The molecule has 0 aliphatic rings. The van der Waals surface area contributed by atoms with E-state index in [0.29, 0.717) is 0 Å². The van der Waals surface area contributed by atoms with Gasteiger partial charge in [0.05, 0.1) is 11.0 Å². The molecule has 0 spiro atoms. The van der Waals surface area contributed by atoms with E-state index in [4.69, 9.17) is 0 Å². The molecule has 2 N–H and O–H groups in total. The Morgan fingerprint density at radius 1 is 1.03 bits per heavy atom. The largest absolute Gasteiger partial charge is 0.356 e. The van der Waals surface area contributed by atoms with E-state index in [1.807, 2.05) is 34.9 Å². The van der Waals surface area contributed by atoms with Gasteiger partial charge in [0.25, 0.3) is 0 Å². The molecular weight excluding hydrogens is 491 g/mol. The minimum absolute atomic E-state index is 0. The van der Waals surface area contributed by atoms with Crippen LogP contribution in [-0.4, -0.2) is 50.2 Å². The van der Waals surface area contributed by atoms with Gasteiger partial charge in [-0.1, -0.05) is 18.2 Å². The molecule has 0 bridgehead atoms. The molecule has 3 heterocycles. The highest BCUT2D eigenvalue weighted by Gasteiger charge is 2.07. The van der Waals surface area contributed by atoms with Gasteiger partial charge in [-0.3, -0.25) is 9.39 Å². The molecule has 30 heavy (non-hydrogen) atoms. The van der Waals surface area contributed by atoms with Crippen LogP contribution in [0, 0.1) is 6.92 Å². The second-order valence-corrected chi connectivity index (χ2v) is 6.87. The zero-order valence-corrected chi connectivity index (χ0v) is 19.6. The number of benzene rings is 1. The maximum atomic E-state index is 4.62. The first kappa shape index (κ1) is 22.0. The number of nitrogens with zero attached hydrogens (tertiary/aromatic N) is 6. The Kier molecular flexibility index (Phi) is 7.61. The summed E-state index contributed by atoms with van der Waals surface area (Å²) in [7, 11) is 1.79. The van der Waals surface area contributed by atoms with Gasteiger partial charge in [0, 0.05) is 39.3 Å². The lowest BCUT2D eigenvalue weighted by Crippen LogP contribution is -2.39. The van der Waals surface area contributed by atoms with Crippen molar-refractivity contribution in [3.63, 3.8) is 0 Å². The number of rotatable bonds is 7. The third-order valence-corrected chi connectivity index (χ3v) is 4.95. The topological polar surface area (TPSA) is 84.4 Å². The average molecular weight is 518 g/mol. The summed E-state index contributed by atoms with van der Waals surface area (Å²) in [6.45, 7) is 4.55. The van der Waals surface area contributed by atoms with Crippen LogP contribution in [0.5, 0.6) is 0 Å². The van der Waals surface area contributed by atoms with E-state index >= 15 is 0 Å². The Bertz CT molecular complexity index is 1130. The second kappa shape index (κ2) is 10.4.